The molecule has 1 saturated carbocycles. The fourth-order valence-corrected chi connectivity index (χ4v) is 37.5. The number of nitrogens with zero attached hydrogens (tertiary/aromatic N) is 1. The van der Waals surface area contributed by atoms with Gasteiger partial charge in [-0.25, -0.2) is 4.44 Å². The van der Waals surface area contributed by atoms with Crippen LogP contribution in [0.4, 0.5) is 0 Å². The van der Waals surface area contributed by atoms with Crippen LogP contribution in [0.1, 0.15) is 210 Å². The predicted octanol–water partition coefficient (Wildman–Crippen LogP) is 20.8. The molecule has 6 aromatic rings. The zero-order valence-corrected chi connectivity index (χ0v) is 56.7. The topological polar surface area (TPSA) is 16.4 Å². The molecular weight excluding hydrogens is 1040 g/mol. The van der Waals surface area contributed by atoms with E-state index in [-0.39, 0.29) is 0 Å². The molecule has 7 heteroatoms. The molecule has 0 spiro atoms. The van der Waals surface area contributed by atoms with E-state index >= 15 is 0 Å². The van der Waals surface area contributed by atoms with Crippen LogP contribution in [0, 0.1) is 0 Å². The highest BCUT2D eigenvalue weighted by Crippen LogP contribution is 2.59. The average Bonchev–Trinajstić information content (AvgIpc) is 3.92. The molecule has 1 unspecified atom stereocenters. The van der Waals surface area contributed by atoms with Gasteiger partial charge in [-0.3, -0.25) is 0 Å². The van der Waals surface area contributed by atoms with Gasteiger partial charge in [0.15, 0.2) is 0 Å². The highest BCUT2D eigenvalue weighted by Gasteiger charge is 2.42. The van der Waals surface area contributed by atoms with Gasteiger partial charge in [0.05, 0.1) is 24.2 Å². The van der Waals surface area contributed by atoms with E-state index in [1.807, 2.05) is 0 Å². The van der Waals surface area contributed by atoms with Crippen molar-refractivity contribution in [2.24, 2.45) is 0 Å². The molecule has 1 aromatic heterocycles. The molecule has 1 aliphatic carbocycles. The fraction of sp³-hybridized carbons (Fsp3) is 0.583. The Balaban J connectivity index is 1.52. The highest BCUT2D eigenvalue weighted by atomic mass is 31.2. The van der Waals surface area contributed by atoms with Crippen LogP contribution in [0.25, 0.3) is 21.9 Å². The predicted molar refractivity (Wildman–Crippen MR) is 368 cm³/mol. The Bertz CT molecular complexity index is 2500. The van der Waals surface area contributed by atoms with Gasteiger partial charge in [0.25, 0.3) is 0 Å². The zero-order valence-electron chi connectivity index (χ0n) is 51.9. The van der Waals surface area contributed by atoms with Gasteiger partial charge in [-0.15, -0.1) is 0 Å². The largest absolute Gasteiger partial charge is 0.455 e. The lowest BCUT2D eigenvalue weighted by Gasteiger charge is -2.45. The van der Waals surface area contributed by atoms with Gasteiger partial charge < -0.3 is 4.42 Å². The molecule has 0 radical (unpaired) electrons. The second-order valence-electron chi connectivity index (χ2n) is 24.9. The second-order valence-corrected chi connectivity index (χ2v) is 43.3. The minimum absolute atomic E-state index is 0.469. The van der Waals surface area contributed by atoms with E-state index in [2.05, 4.69) is 182 Å². The molecular formula is C72H111NOP2Si3. The van der Waals surface area contributed by atoms with E-state index in [9.17, 15) is 0 Å². The van der Waals surface area contributed by atoms with E-state index in [1.54, 1.807) is 26.2 Å². The van der Waals surface area contributed by atoms with Gasteiger partial charge in [-0.2, -0.15) is 0 Å². The zero-order chi connectivity index (χ0) is 55.9. The fourth-order valence-electron chi connectivity index (χ4n) is 14.3. The standard InChI is InChI=1S/C72H111NOP2Si3/c1-10-19-52-77(53-20-11-2,54-21-12-3)65-46-40-62(41-47-65)75(63-42-48-66(49-43-63)78(55-22-13-4,56-23-14-5)57-24-15-6)73(61-34-29-28-30-35-61)76(71-39-33-37-69-68-36-31-32-38-70(68)74-72(69)71)64-44-50-67(51-45-64)79(58-25-16-7,59-26-17-8)60-27-18-9/h31-33,36-51,61H,10-30,34-35,52-60H2,1-9H3. The summed E-state index contributed by atoms with van der Waals surface area (Å²) in [6.45, 7) is 21.8. The third-order valence-electron chi connectivity index (χ3n) is 19.2. The molecule has 7 rings (SSSR count). The Kier molecular flexibility index (Phi) is 26.7. The van der Waals surface area contributed by atoms with Gasteiger partial charge in [-0.05, 0) is 40.9 Å². The highest BCUT2D eigenvalue weighted by molar-refractivity contribution is 7.85. The van der Waals surface area contributed by atoms with Gasteiger partial charge in [0.1, 0.15) is 11.2 Å². The Hall–Kier alpha value is -2.63. The number of furan rings is 1. The second kappa shape index (κ2) is 33.0. The third-order valence-corrected chi connectivity index (χ3v) is 41.4. The van der Waals surface area contributed by atoms with Crippen molar-refractivity contribution in [2.45, 2.75) is 270 Å². The van der Waals surface area contributed by atoms with Crippen molar-refractivity contribution >= 4 is 99.1 Å². The van der Waals surface area contributed by atoms with Crippen LogP contribution in [-0.2, 0) is 0 Å². The van der Waals surface area contributed by atoms with Crippen molar-refractivity contribution in [3.63, 3.8) is 0 Å². The number of rotatable bonds is 37. The van der Waals surface area contributed by atoms with Gasteiger partial charge in [-0.1, -0.05) is 370 Å². The normalized spacial score (nSPS) is 14.4. The summed E-state index contributed by atoms with van der Waals surface area (Å²) in [4.78, 5) is 0. The van der Waals surface area contributed by atoms with Gasteiger partial charge >= 0.3 is 0 Å². The summed E-state index contributed by atoms with van der Waals surface area (Å²) in [5, 5.41) is 13.7. The summed E-state index contributed by atoms with van der Waals surface area (Å²) in [5.41, 5.74) is 2.12. The lowest BCUT2D eigenvalue weighted by molar-refractivity contribution is 0.355. The molecule has 2 nitrogen and oxygen atoms in total. The number of hydrogen-bond acceptors (Lipinski definition) is 2. The molecule has 0 N–H and O–H groups in total. The first-order valence-electron chi connectivity index (χ1n) is 33.4. The lowest BCUT2D eigenvalue weighted by Crippen LogP contribution is -2.48. The van der Waals surface area contributed by atoms with E-state index < -0.39 is 40.4 Å². The molecule has 1 atom stereocenters. The summed E-state index contributed by atoms with van der Waals surface area (Å²) in [7, 11) is -7.18. The summed E-state index contributed by atoms with van der Waals surface area (Å²) in [5.74, 6) is 0. The minimum atomic E-state index is -1.73. The Morgan fingerprint density at radius 3 is 1.05 bits per heavy atom. The molecule has 0 saturated heterocycles. The molecule has 432 valence electrons. The van der Waals surface area contributed by atoms with Crippen molar-refractivity contribution in [1.82, 2.24) is 4.44 Å². The number of para-hydroxylation sites is 2. The maximum absolute atomic E-state index is 7.24. The van der Waals surface area contributed by atoms with Crippen LogP contribution >= 0.6 is 16.1 Å². The quantitative estimate of drug-likeness (QED) is 0.0286. The van der Waals surface area contributed by atoms with Gasteiger partial charge in [0.2, 0.25) is 0 Å². The van der Waals surface area contributed by atoms with Crippen LogP contribution in [0.5, 0.6) is 0 Å². The Labute approximate surface area is 490 Å². The van der Waals surface area contributed by atoms with Crippen molar-refractivity contribution in [1.29, 1.82) is 0 Å². The number of hydrogen-bond donors (Lipinski definition) is 0. The van der Waals surface area contributed by atoms with Crippen molar-refractivity contribution < 1.29 is 4.42 Å². The average molecular weight is 1150 g/mol. The molecule has 0 aliphatic heterocycles. The molecule has 1 aliphatic rings. The lowest BCUT2D eigenvalue weighted by atomic mass is 9.96. The minimum Gasteiger partial charge on any atom is -0.455 e. The summed E-state index contributed by atoms with van der Waals surface area (Å²) < 4.78 is 10.5. The Morgan fingerprint density at radius 1 is 0.367 bits per heavy atom. The molecule has 79 heavy (non-hydrogen) atoms. The van der Waals surface area contributed by atoms with E-state index in [1.165, 1.54) is 223 Å². The third kappa shape index (κ3) is 16.0. The van der Waals surface area contributed by atoms with Crippen molar-refractivity contribution in [3.8, 4) is 0 Å². The van der Waals surface area contributed by atoms with Crippen LogP contribution in [0.15, 0.2) is 120 Å². The van der Waals surface area contributed by atoms with Crippen LogP contribution in [0.3, 0.4) is 0 Å². The summed E-state index contributed by atoms with van der Waals surface area (Å²) >= 11 is 0. The Morgan fingerprint density at radius 2 is 0.696 bits per heavy atom. The monoisotopic (exact) mass is 1150 g/mol. The molecule has 1 heterocycles. The molecule has 0 bridgehead atoms. The van der Waals surface area contributed by atoms with Crippen LogP contribution < -0.4 is 36.8 Å². The maximum atomic E-state index is 7.24. The van der Waals surface area contributed by atoms with E-state index in [4.69, 9.17) is 4.42 Å². The first-order chi connectivity index (χ1) is 38.7. The smallest absolute Gasteiger partial charge is 0.144 e. The van der Waals surface area contributed by atoms with Crippen molar-refractivity contribution in [2.75, 3.05) is 0 Å². The number of fused-ring (bicyclic) bond motifs is 3. The van der Waals surface area contributed by atoms with E-state index in [0.717, 1.165) is 11.2 Å². The first kappa shape index (κ1) is 63.9. The van der Waals surface area contributed by atoms with Gasteiger partial charge in [0, 0.05) is 38.3 Å². The van der Waals surface area contributed by atoms with Crippen LogP contribution in [-0.4, -0.2) is 34.7 Å². The molecule has 1 fully saturated rings. The molecule has 0 amide bonds. The van der Waals surface area contributed by atoms with Crippen LogP contribution in [0.2, 0.25) is 54.4 Å². The first-order valence-corrected chi connectivity index (χ1v) is 43.8. The maximum Gasteiger partial charge on any atom is 0.144 e. The molecule has 5 aromatic carbocycles. The number of benzene rings is 5. The summed E-state index contributed by atoms with van der Waals surface area (Å²) in [6, 6.07) is 62.1. The summed E-state index contributed by atoms with van der Waals surface area (Å²) in [6.07, 6.45) is 30.4. The van der Waals surface area contributed by atoms with Crippen molar-refractivity contribution in [3.05, 3.63) is 115 Å². The van der Waals surface area contributed by atoms with E-state index in [0.29, 0.717) is 6.04 Å². The SMILES string of the molecule is CCCC[Si](CCCC)(CCCC)c1ccc(P(c2ccc([Si](CCCC)(CCCC)CCCC)cc2)N(C2CCCCC2)P(c2ccc([Si](CCCC)(CCCC)CCCC)cc2)c2cccc3c2oc2ccccc23)cc1. The number of unbranched alkanes of at least 4 members (excludes halogenated alkanes) is 9.